The van der Waals surface area contributed by atoms with Crippen LogP contribution in [-0.2, 0) is 0 Å². The standard InChI is InChI=1S/C16H36N4/c1-15(2)17-13-16(3,4)14-20-11-9-19(10-12-20)8-7-18(5)6/h15,17H,7-14H2,1-6H3. The Morgan fingerprint density at radius 3 is 2.10 bits per heavy atom. The molecule has 120 valence electrons. The van der Waals surface area contributed by atoms with Crippen molar-refractivity contribution in [2.75, 3.05) is 66.5 Å². The third-order valence-corrected chi connectivity index (χ3v) is 3.97. The van der Waals surface area contributed by atoms with Gasteiger partial charge >= 0.3 is 0 Å². The highest BCUT2D eigenvalue weighted by Gasteiger charge is 2.24. The molecule has 1 fully saturated rings. The number of rotatable bonds is 8. The van der Waals surface area contributed by atoms with E-state index in [0.29, 0.717) is 11.5 Å². The predicted octanol–water partition coefficient (Wildman–Crippen LogP) is 1.19. The van der Waals surface area contributed by atoms with Crippen LogP contribution >= 0.6 is 0 Å². The van der Waals surface area contributed by atoms with Crippen molar-refractivity contribution in [3.05, 3.63) is 0 Å². The zero-order valence-corrected chi connectivity index (χ0v) is 14.6. The van der Waals surface area contributed by atoms with E-state index >= 15 is 0 Å². The molecule has 0 unspecified atom stereocenters. The van der Waals surface area contributed by atoms with E-state index < -0.39 is 0 Å². The lowest BCUT2D eigenvalue weighted by Crippen LogP contribution is -2.51. The Balaban J connectivity index is 2.24. The third kappa shape index (κ3) is 7.58. The van der Waals surface area contributed by atoms with Gasteiger partial charge < -0.3 is 15.1 Å². The molecule has 20 heavy (non-hydrogen) atoms. The van der Waals surface area contributed by atoms with Gasteiger partial charge in [-0.15, -0.1) is 0 Å². The van der Waals surface area contributed by atoms with Crippen LogP contribution in [0.25, 0.3) is 0 Å². The third-order valence-electron chi connectivity index (χ3n) is 3.97. The maximum atomic E-state index is 3.57. The highest BCUT2D eigenvalue weighted by molar-refractivity contribution is 4.80. The fraction of sp³-hybridized carbons (Fsp3) is 1.00. The summed E-state index contributed by atoms with van der Waals surface area (Å²) in [6.45, 7) is 18.8. The summed E-state index contributed by atoms with van der Waals surface area (Å²) in [5, 5.41) is 3.57. The van der Waals surface area contributed by atoms with Crippen LogP contribution in [0.2, 0.25) is 0 Å². The van der Waals surface area contributed by atoms with E-state index in [2.05, 4.69) is 61.8 Å². The topological polar surface area (TPSA) is 21.8 Å². The molecule has 0 aromatic carbocycles. The van der Waals surface area contributed by atoms with E-state index in [1.54, 1.807) is 0 Å². The molecule has 0 bridgehead atoms. The maximum absolute atomic E-state index is 3.57. The average Bonchev–Trinajstić information content (AvgIpc) is 2.35. The molecular formula is C16H36N4. The van der Waals surface area contributed by atoms with Crippen LogP contribution < -0.4 is 5.32 Å². The lowest BCUT2D eigenvalue weighted by molar-refractivity contribution is 0.0918. The van der Waals surface area contributed by atoms with Gasteiger partial charge in [0.25, 0.3) is 0 Å². The zero-order valence-electron chi connectivity index (χ0n) is 14.6. The number of piperazine rings is 1. The molecule has 0 saturated carbocycles. The molecule has 0 radical (unpaired) electrons. The summed E-state index contributed by atoms with van der Waals surface area (Å²) >= 11 is 0. The minimum absolute atomic E-state index is 0.357. The predicted molar refractivity (Wildman–Crippen MR) is 88.4 cm³/mol. The van der Waals surface area contributed by atoms with Gasteiger partial charge in [0.2, 0.25) is 0 Å². The first kappa shape index (κ1) is 17.9. The van der Waals surface area contributed by atoms with Crippen molar-refractivity contribution in [1.29, 1.82) is 0 Å². The van der Waals surface area contributed by atoms with Crippen molar-refractivity contribution >= 4 is 0 Å². The fourth-order valence-electron chi connectivity index (χ4n) is 2.65. The van der Waals surface area contributed by atoms with Crippen molar-refractivity contribution in [1.82, 2.24) is 20.0 Å². The Labute approximate surface area is 126 Å². The Morgan fingerprint density at radius 2 is 1.60 bits per heavy atom. The molecule has 0 spiro atoms. The van der Waals surface area contributed by atoms with Gasteiger partial charge in [-0.2, -0.15) is 0 Å². The highest BCUT2D eigenvalue weighted by atomic mass is 15.3. The summed E-state index contributed by atoms with van der Waals surface area (Å²) in [6.07, 6.45) is 0. The first-order valence-corrected chi connectivity index (χ1v) is 8.11. The zero-order chi connectivity index (χ0) is 15.2. The molecule has 1 rings (SSSR count). The quantitative estimate of drug-likeness (QED) is 0.723. The normalized spacial score (nSPS) is 19.2. The van der Waals surface area contributed by atoms with Crippen molar-refractivity contribution in [3.63, 3.8) is 0 Å². The molecule has 0 aromatic rings. The molecule has 1 aliphatic rings. The van der Waals surface area contributed by atoms with Crippen molar-refractivity contribution in [2.45, 2.75) is 33.7 Å². The maximum Gasteiger partial charge on any atom is 0.0110 e. The Bertz CT molecular complexity index is 255. The SMILES string of the molecule is CC(C)NCC(C)(C)CN1CCN(CCN(C)C)CC1. The van der Waals surface area contributed by atoms with E-state index in [1.807, 2.05) is 0 Å². The van der Waals surface area contributed by atoms with E-state index in [1.165, 1.54) is 45.8 Å². The fourth-order valence-corrected chi connectivity index (χ4v) is 2.65. The minimum Gasteiger partial charge on any atom is -0.314 e. The van der Waals surface area contributed by atoms with Crippen LogP contribution in [0.1, 0.15) is 27.7 Å². The van der Waals surface area contributed by atoms with Gasteiger partial charge in [0.15, 0.2) is 0 Å². The number of hydrogen-bond donors (Lipinski definition) is 1. The number of nitrogens with zero attached hydrogens (tertiary/aromatic N) is 3. The summed E-state index contributed by atoms with van der Waals surface area (Å²) in [4.78, 5) is 7.50. The Kier molecular flexibility index (Phi) is 7.45. The molecule has 0 atom stereocenters. The number of nitrogens with one attached hydrogen (secondary N) is 1. The van der Waals surface area contributed by atoms with Crippen LogP contribution in [0.3, 0.4) is 0 Å². The second kappa shape index (κ2) is 8.32. The molecule has 1 saturated heterocycles. The van der Waals surface area contributed by atoms with Crippen LogP contribution in [0.5, 0.6) is 0 Å². The van der Waals surface area contributed by atoms with Crippen LogP contribution in [0.15, 0.2) is 0 Å². The van der Waals surface area contributed by atoms with E-state index in [-0.39, 0.29) is 0 Å². The highest BCUT2D eigenvalue weighted by Crippen LogP contribution is 2.17. The van der Waals surface area contributed by atoms with Gasteiger partial charge in [-0.1, -0.05) is 27.7 Å². The van der Waals surface area contributed by atoms with E-state index in [4.69, 9.17) is 0 Å². The summed E-state index contributed by atoms with van der Waals surface area (Å²) in [7, 11) is 4.31. The van der Waals surface area contributed by atoms with Gasteiger partial charge in [-0.3, -0.25) is 4.90 Å². The molecule has 4 nitrogen and oxygen atoms in total. The number of likely N-dealkylation sites (N-methyl/N-ethyl adjacent to an activating group) is 1. The van der Waals surface area contributed by atoms with Gasteiger partial charge in [0.05, 0.1) is 0 Å². The summed E-state index contributed by atoms with van der Waals surface area (Å²) < 4.78 is 0. The molecule has 1 N–H and O–H groups in total. The molecule has 1 heterocycles. The first-order chi connectivity index (χ1) is 9.28. The van der Waals surface area contributed by atoms with Gasteiger partial charge in [0, 0.05) is 58.4 Å². The molecule has 0 amide bonds. The molecule has 1 aliphatic heterocycles. The molecule has 0 aromatic heterocycles. The van der Waals surface area contributed by atoms with Gasteiger partial charge in [0.1, 0.15) is 0 Å². The van der Waals surface area contributed by atoms with E-state index in [0.717, 1.165) is 6.54 Å². The lowest BCUT2D eigenvalue weighted by Gasteiger charge is -2.39. The molecule has 0 aliphatic carbocycles. The summed E-state index contributed by atoms with van der Waals surface area (Å²) in [5.41, 5.74) is 0.357. The Morgan fingerprint density at radius 1 is 1.05 bits per heavy atom. The summed E-state index contributed by atoms with van der Waals surface area (Å²) in [5.74, 6) is 0. The Hall–Kier alpha value is -0.160. The second-order valence-corrected chi connectivity index (χ2v) is 7.62. The molecular weight excluding hydrogens is 248 g/mol. The smallest absolute Gasteiger partial charge is 0.0110 e. The van der Waals surface area contributed by atoms with Crippen LogP contribution in [-0.4, -0.2) is 87.2 Å². The largest absolute Gasteiger partial charge is 0.314 e. The van der Waals surface area contributed by atoms with Crippen molar-refractivity contribution < 1.29 is 0 Å². The molecule has 4 heteroatoms. The average molecular weight is 284 g/mol. The van der Waals surface area contributed by atoms with Gasteiger partial charge in [-0.25, -0.2) is 0 Å². The summed E-state index contributed by atoms with van der Waals surface area (Å²) in [6, 6.07) is 0.581. The lowest BCUT2D eigenvalue weighted by atomic mass is 9.92. The van der Waals surface area contributed by atoms with E-state index in [9.17, 15) is 0 Å². The first-order valence-electron chi connectivity index (χ1n) is 8.11. The second-order valence-electron chi connectivity index (χ2n) is 7.62. The van der Waals surface area contributed by atoms with Crippen LogP contribution in [0, 0.1) is 5.41 Å². The van der Waals surface area contributed by atoms with Gasteiger partial charge in [-0.05, 0) is 19.5 Å². The van der Waals surface area contributed by atoms with Crippen LogP contribution in [0.4, 0.5) is 0 Å². The minimum atomic E-state index is 0.357. The van der Waals surface area contributed by atoms with Crippen molar-refractivity contribution in [2.24, 2.45) is 5.41 Å². The van der Waals surface area contributed by atoms with Crippen molar-refractivity contribution in [3.8, 4) is 0 Å². The monoisotopic (exact) mass is 284 g/mol. The number of hydrogen-bond acceptors (Lipinski definition) is 4.